The molecule has 1 heterocycles. The summed E-state index contributed by atoms with van der Waals surface area (Å²) >= 11 is 0. The number of carboxylic acid groups (broad SMARTS) is 1. The minimum absolute atomic E-state index is 0.107. The highest BCUT2D eigenvalue weighted by Gasteiger charge is 2.45. The zero-order valence-electron chi connectivity index (χ0n) is 12.4. The molecule has 1 amide bonds. The van der Waals surface area contributed by atoms with Crippen molar-refractivity contribution in [2.75, 3.05) is 33.4 Å². The molecule has 1 aliphatic heterocycles. The van der Waals surface area contributed by atoms with E-state index in [0.717, 1.165) is 5.56 Å². The molecular formula is C15H19NO6. The minimum Gasteiger partial charge on any atom is -0.479 e. The normalized spacial score (nSPS) is 21.4. The fourth-order valence-corrected chi connectivity index (χ4v) is 2.26. The lowest BCUT2D eigenvalue weighted by Crippen LogP contribution is -2.60. The number of ether oxygens (including phenoxy) is 3. The SMILES string of the molecule is COCC1(C(=O)O)CN(C(=O)OCc2ccccc2)CCO1. The molecule has 7 heteroatoms. The fraction of sp³-hybridized carbons (Fsp3) is 0.467. The predicted octanol–water partition coefficient (Wildman–Crippen LogP) is 1.13. The van der Waals surface area contributed by atoms with E-state index in [2.05, 4.69) is 0 Å². The predicted molar refractivity (Wildman–Crippen MR) is 76.4 cm³/mol. The zero-order chi connectivity index (χ0) is 16.0. The smallest absolute Gasteiger partial charge is 0.410 e. The number of carboxylic acids is 1. The van der Waals surface area contributed by atoms with E-state index in [1.54, 1.807) is 0 Å². The van der Waals surface area contributed by atoms with E-state index in [4.69, 9.17) is 14.2 Å². The number of hydrogen-bond donors (Lipinski definition) is 1. The second kappa shape index (κ2) is 7.24. The van der Waals surface area contributed by atoms with E-state index in [9.17, 15) is 14.7 Å². The summed E-state index contributed by atoms with van der Waals surface area (Å²) < 4.78 is 15.5. The van der Waals surface area contributed by atoms with Gasteiger partial charge in [-0.2, -0.15) is 0 Å². The Balaban J connectivity index is 1.96. The molecule has 1 unspecified atom stereocenters. The highest BCUT2D eigenvalue weighted by atomic mass is 16.6. The Hall–Kier alpha value is -2.12. The molecule has 1 fully saturated rings. The van der Waals surface area contributed by atoms with E-state index < -0.39 is 17.7 Å². The lowest BCUT2D eigenvalue weighted by atomic mass is 10.0. The number of methoxy groups -OCH3 is 1. The van der Waals surface area contributed by atoms with Crippen LogP contribution in [0.25, 0.3) is 0 Å². The largest absolute Gasteiger partial charge is 0.479 e. The zero-order valence-corrected chi connectivity index (χ0v) is 12.4. The van der Waals surface area contributed by atoms with Crippen LogP contribution >= 0.6 is 0 Å². The number of benzene rings is 1. The van der Waals surface area contributed by atoms with E-state index in [0.29, 0.717) is 0 Å². The van der Waals surface area contributed by atoms with Crippen LogP contribution in [0, 0.1) is 0 Å². The second-order valence-corrected chi connectivity index (χ2v) is 5.04. The van der Waals surface area contributed by atoms with Crippen LogP contribution in [0.4, 0.5) is 4.79 Å². The van der Waals surface area contributed by atoms with Gasteiger partial charge in [0.25, 0.3) is 0 Å². The van der Waals surface area contributed by atoms with Crippen molar-refractivity contribution in [3.05, 3.63) is 35.9 Å². The van der Waals surface area contributed by atoms with Crippen molar-refractivity contribution >= 4 is 12.1 Å². The number of amides is 1. The summed E-state index contributed by atoms with van der Waals surface area (Å²) in [4.78, 5) is 24.9. The van der Waals surface area contributed by atoms with Crippen molar-refractivity contribution in [3.8, 4) is 0 Å². The first kappa shape index (κ1) is 16.3. The molecule has 1 aromatic carbocycles. The summed E-state index contributed by atoms with van der Waals surface area (Å²) in [5, 5.41) is 9.34. The van der Waals surface area contributed by atoms with Gasteiger partial charge in [0, 0.05) is 13.7 Å². The molecule has 0 saturated carbocycles. The molecule has 120 valence electrons. The molecule has 0 bridgehead atoms. The number of rotatable bonds is 5. The second-order valence-electron chi connectivity index (χ2n) is 5.04. The van der Waals surface area contributed by atoms with E-state index in [-0.39, 0.29) is 32.9 Å². The Morgan fingerprint density at radius 3 is 2.73 bits per heavy atom. The van der Waals surface area contributed by atoms with Gasteiger partial charge in [-0.15, -0.1) is 0 Å². The van der Waals surface area contributed by atoms with Gasteiger partial charge < -0.3 is 24.2 Å². The van der Waals surface area contributed by atoms with Crippen LogP contribution in [-0.4, -0.2) is 61.1 Å². The Morgan fingerprint density at radius 2 is 2.09 bits per heavy atom. The number of carbonyl (C=O) groups is 2. The van der Waals surface area contributed by atoms with Crippen LogP contribution < -0.4 is 0 Å². The fourth-order valence-electron chi connectivity index (χ4n) is 2.26. The van der Waals surface area contributed by atoms with E-state index in [1.165, 1.54) is 12.0 Å². The lowest BCUT2D eigenvalue weighted by Gasteiger charge is -2.38. The first-order valence-electron chi connectivity index (χ1n) is 6.89. The van der Waals surface area contributed by atoms with Gasteiger partial charge in [0.05, 0.1) is 19.8 Å². The molecular weight excluding hydrogens is 290 g/mol. The molecule has 0 spiro atoms. The summed E-state index contributed by atoms with van der Waals surface area (Å²) in [5.41, 5.74) is -0.677. The van der Waals surface area contributed by atoms with Crippen LogP contribution in [0.1, 0.15) is 5.56 Å². The van der Waals surface area contributed by atoms with Crippen molar-refractivity contribution in [1.82, 2.24) is 4.90 Å². The molecule has 7 nitrogen and oxygen atoms in total. The average Bonchev–Trinajstić information content (AvgIpc) is 2.54. The number of carbonyl (C=O) groups excluding carboxylic acids is 1. The number of morpholine rings is 1. The monoisotopic (exact) mass is 309 g/mol. The molecule has 2 rings (SSSR count). The summed E-state index contributed by atoms with van der Waals surface area (Å²) in [6.45, 7) is 0.304. The molecule has 0 aromatic heterocycles. The third-order valence-electron chi connectivity index (χ3n) is 3.42. The van der Waals surface area contributed by atoms with E-state index in [1.807, 2.05) is 30.3 Å². The summed E-state index contributed by atoms with van der Waals surface area (Å²) in [5.74, 6) is -1.16. The van der Waals surface area contributed by atoms with Crippen LogP contribution in [0.5, 0.6) is 0 Å². The van der Waals surface area contributed by atoms with Gasteiger partial charge in [0.2, 0.25) is 5.60 Å². The van der Waals surface area contributed by atoms with Crippen molar-refractivity contribution in [1.29, 1.82) is 0 Å². The molecule has 0 radical (unpaired) electrons. The topological polar surface area (TPSA) is 85.3 Å². The molecule has 1 N–H and O–H groups in total. The van der Waals surface area contributed by atoms with Crippen molar-refractivity contribution in [2.45, 2.75) is 12.2 Å². The highest BCUT2D eigenvalue weighted by molar-refractivity contribution is 5.79. The van der Waals surface area contributed by atoms with Gasteiger partial charge in [0.15, 0.2) is 0 Å². The highest BCUT2D eigenvalue weighted by Crippen LogP contribution is 2.20. The summed E-state index contributed by atoms with van der Waals surface area (Å²) in [6, 6.07) is 9.27. The van der Waals surface area contributed by atoms with Crippen molar-refractivity contribution in [3.63, 3.8) is 0 Å². The summed E-state index contributed by atoms with van der Waals surface area (Å²) in [6.07, 6.45) is -0.561. The number of aliphatic carboxylic acids is 1. The van der Waals surface area contributed by atoms with Crippen LogP contribution in [0.2, 0.25) is 0 Å². The first-order chi connectivity index (χ1) is 10.6. The van der Waals surface area contributed by atoms with Gasteiger partial charge in [-0.3, -0.25) is 0 Å². The average molecular weight is 309 g/mol. The Kier molecular flexibility index (Phi) is 5.35. The molecule has 1 aromatic rings. The van der Waals surface area contributed by atoms with Gasteiger partial charge in [-0.1, -0.05) is 30.3 Å². The molecule has 1 saturated heterocycles. The van der Waals surface area contributed by atoms with Crippen molar-refractivity contribution in [2.24, 2.45) is 0 Å². The molecule has 22 heavy (non-hydrogen) atoms. The quantitative estimate of drug-likeness (QED) is 0.877. The standard InChI is InChI=1S/C15H19NO6/c1-20-11-15(13(17)18)10-16(7-8-22-15)14(19)21-9-12-5-3-2-4-6-12/h2-6H,7-11H2,1H3,(H,17,18). The minimum atomic E-state index is -1.54. The van der Waals surface area contributed by atoms with Crippen LogP contribution in [0.15, 0.2) is 30.3 Å². The maximum atomic E-state index is 12.1. The van der Waals surface area contributed by atoms with Crippen LogP contribution in [-0.2, 0) is 25.6 Å². The molecule has 1 atom stereocenters. The third kappa shape index (κ3) is 3.75. The summed E-state index contributed by atoms with van der Waals surface area (Å²) in [7, 11) is 1.39. The third-order valence-corrected chi connectivity index (χ3v) is 3.42. The van der Waals surface area contributed by atoms with Gasteiger partial charge >= 0.3 is 12.1 Å². The van der Waals surface area contributed by atoms with Crippen molar-refractivity contribution < 1.29 is 28.9 Å². The first-order valence-corrected chi connectivity index (χ1v) is 6.89. The van der Waals surface area contributed by atoms with Gasteiger partial charge in [-0.25, -0.2) is 9.59 Å². The maximum absolute atomic E-state index is 12.1. The maximum Gasteiger partial charge on any atom is 0.410 e. The Bertz CT molecular complexity index is 516. The number of nitrogens with zero attached hydrogens (tertiary/aromatic N) is 1. The Labute approximate surface area is 128 Å². The van der Waals surface area contributed by atoms with Gasteiger partial charge in [-0.05, 0) is 5.56 Å². The van der Waals surface area contributed by atoms with Gasteiger partial charge in [0.1, 0.15) is 6.61 Å². The Morgan fingerprint density at radius 1 is 1.36 bits per heavy atom. The number of hydrogen-bond acceptors (Lipinski definition) is 5. The van der Waals surface area contributed by atoms with E-state index >= 15 is 0 Å². The lowest BCUT2D eigenvalue weighted by molar-refractivity contribution is -0.185. The molecule has 1 aliphatic rings. The van der Waals surface area contributed by atoms with Crippen LogP contribution in [0.3, 0.4) is 0 Å². The molecule has 0 aliphatic carbocycles.